The Morgan fingerprint density at radius 2 is 0.815 bits per heavy atom. The third-order valence-corrected chi connectivity index (χ3v) is 15.3. The van der Waals surface area contributed by atoms with Crippen molar-refractivity contribution in [1.29, 1.82) is 0 Å². The monoisotopic (exact) mass is 851 g/mol. The molecule has 65 heavy (non-hydrogen) atoms. The molecule has 1 heterocycles. The van der Waals surface area contributed by atoms with E-state index >= 15 is 0 Å². The third kappa shape index (κ3) is 7.50. The van der Waals surface area contributed by atoms with E-state index in [1.807, 2.05) is 18.2 Å². The number of nitrogens with zero attached hydrogens (tertiary/aromatic N) is 3. The second kappa shape index (κ2) is 15.9. The zero-order valence-corrected chi connectivity index (χ0v) is 38.5. The zero-order valence-electron chi connectivity index (χ0n) is 37.5. The van der Waals surface area contributed by atoms with Crippen molar-refractivity contribution < 1.29 is 0 Å². The van der Waals surface area contributed by atoms with Gasteiger partial charge in [0, 0.05) is 22.1 Å². The molecule has 11 rings (SSSR count). The van der Waals surface area contributed by atoms with Crippen LogP contribution in [0.25, 0.3) is 101 Å². The fraction of sp³-hybridized carbons (Fsp3) is 0.0984. The van der Waals surface area contributed by atoms with Gasteiger partial charge in [0.05, 0.1) is 8.07 Å². The predicted octanol–water partition coefficient (Wildman–Crippen LogP) is 15.5. The maximum atomic E-state index is 5.23. The van der Waals surface area contributed by atoms with E-state index in [4.69, 9.17) is 15.0 Å². The summed E-state index contributed by atoms with van der Waals surface area (Å²) in [7, 11) is -1.37. The molecule has 4 heteroatoms. The summed E-state index contributed by atoms with van der Waals surface area (Å²) in [6, 6.07) is 74.8. The normalized spacial score (nSPS) is 12.8. The fourth-order valence-corrected chi connectivity index (χ4v) is 10.8. The molecule has 0 amide bonds. The van der Waals surface area contributed by atoms with E-state index in [0.29, 0.717) is 17.5 Å². The first-order valence-corrected chi connectivity index (χ1v) is 26.1. The Kier molecular flexibility index (Phi) is 9.86. The SMILES string of the molecule is CC1(C)c2ccccc2-c2ccc(-c3nc(-c4ccccc4)nc(-c4cccc(-c5cc(-c6cccc(-c7cccc(-c8ccc([Si](C)(C)C)cc8)c7)c6)c6ccccc6c5)c4)n3)cc21. The maximum absolute atomic E-state index is 5.23. The van der Waals surface area contributed by atoms with E-state index in [1.165, 1.54) is 71.6 Å². The van der Waals surface area contributed by atoms with E-state index in [2.05, 4.69) is 222 Å². The van der Waals surface area contributed by atoms with Crippen molar-refractivity contribution in [2.24, 2.45) is 0 Å². The lowest BCUT2D eigenvalue weighted by Crippen LogP contribution is -2.37. The zero-order chi connectivity index (χ0) is 44.3. The standard InChI is InChI=1S/C61H49N3Si/c1-61(2)56-27-12-11-26-53(56)54-33-30-49(39-57(54)61)60-63-58(41-16-7-6-8-17-41)62-59(64-60)48-24-15-22-45(36-48)50-37-46-18-9-10-25-52(46)55(38-50)47-23-14-21-44(35-47)43-20-13-19-42(34-43)40-28-31-51(32-29-40)65(3,4)5/h6-39H,1-5H3. The Labute approximate surface area is 383 Å². The van der Waals surface area contributed by atoms with Gasteiger partial charge in [0.25, 0.3) is 0 Å². The quantitative estimate of drug-likeness (QED) is 0.143. The molecule has 0 saturated heterocycles. The number of hydrogen-bond acceptors (Lipinski definition) is 3. The highest BCUT2D eigenvalue weighted by atomic mass is 28.3. The van der Waals surface area contributed by atoms with E-state index in [-0.39, 0.29) is 5.41 Å². The Morgan fingerprint density at radius 3 is 1.52 bits per heavy atom. The molecule has 0 spiro atoms. The van der Waals surface area contributed by atoms with Crippen LogP contribution in [0.15, 0.2) is 206 Å². The average Bonchev–Trinajstić information content (AvgIpc) is 3.58. The van der Waals surface area contributed by atoms with Crippen LogP contribution < -0.4 is 5.19 Å². The molecule has 1 aromatic heterocycles. The lowest BCUT2D eigenvalue weighted by Gasteiger charge is -2.21. The van der Waals surface area contributed by atoms with Gasteiger partial charge < -0.3 is 0 Å². The lowest BCUT2D eigenvalue weighted by atomic mass is 9.82. The molecule has 312 valence electrons. The molecule has 0 fully saturated rings. The molecule has 3 nitrogen and oxygen atoms in total. The van der Waals surface area contributed by atoms with Crippen LogP contribution in [0.3, 0.4) is 0 Å². The van der Waals surface area contributed by atoms with Crippen molar-refractivity contribution in [2.45, 2.75) is 38.9 Å². The molecular weight excluding hydrogens is 803 g/mol. The lowest BCUT2D eigenvalue weighted by molar-refractivity contribution is 0.660. The van der Waals surface area contributed by atoms with Gasteiger partial charge in [0.2, 0.25) is 0 Å². The van der Waals surface area contributed by atoms with Crippen molar-refractivity contribution in [2.75, 3.05) is 0 Å². The molecule has 0 radical (unpaired) electrons. The molecule has 1 aliphatic rings. The highest BCUT2D eigenvalue weighted by Crippen LogP contribution is 2.49. The summed E-state index contributed by atoms with van der Waals surface area (Å²) >= 11 is 0. The van der Waals surface area contributed by atoms with Crippen molar-refractivity contribution in [1.82, 2.24) is 15.0 Å². The number of rotatable bonds is 8. The molecule has 1 aliphatic carbocycles. The van der Waals surface area contributed by atoms with Gasteiger partial charge in [-0.05, 0) is 114 Å². The van der Waals surface area contributed by atoms with Gasteiger partial charge in [0.1, 0.15) is 0 Å². The molecule has 0 bridgehead atoms. The largest absolute Gasteiger partial charge is 0.208 e. The summed E-state index contributed by atoms with van der Waals surface area (Å²) in [5.41, 5.74) is 17.4. The van der Waals surface area contributed by atoms with Gasteiger partial charge in [-0.2, -0.15) is 0 Å². The first-order valence-electron chi connectivity index (χ1n) is 22.6. The minimum Gasteiger partial charge on any atom is -0.208 e. The van der Waals surface area contributed by atoms with Crippen molar-refractivity contribution >= 4 is 24.0 Å². The van der Waals surface area contributed by atoms with Crippen LogP contribution in [0.2, 0.25) is 19.6 Å². The van der Waals surface area contributed by atoms with Crippen LogP contribution in [-0.4, -0.2) is 23.0 Å². The second-order valence-corrected chi connectivity index (χ2v) is 24.0. The Morgan fingerprint density at radius 1 is 0.323 bits per heavy atom. The highest BCUT2D eigenvalue weighted by molar-refractivity contribution is 6.88. The van der Waals surface area contributed by atoms with E-state index in [9.17, 15) is 0 Å². The van der Waals surface area contributed by atoms with Gasteiger partial charge in [-0.3, -0.25) is 0 Å². The van der Waals surface area contributed by atoms with Crippen molar-refractivity contribution in [3.8, 4) is 89.8 Å². The van der Waals surface area contributed by atoms with Crippen molar-refractivity contribution in [3.05, 3.63) is 217 Å². The Hall–Kier alpha value is -7.53. The van der Waals surface area contributed by atoms with E-state index in [0.717, 1.165) is 27.8 Å². The fourth-order valence-electron chi connectivity index (χ4n) is 9.66. The molecular formula is C61H49N3Si. The first kappa shape index (κ1) is 40.3. The molecule has 0 N–H and O–H groups in total. The molecule has 0 atom stereocenters. The summed E-state index contributed by atoms with van der Waals surface area (Å²) < 4.78 is 0. The van der Waals surface area contributed by atoms with Crippen LogP contribution in [0.4, 0.5) is 0 Å². The minimum absolute atomic E-state index is 0.139. The summed E-state index contributed by atoms with van der Waals surface area (Å²) in [4.78, 5) is 15.5. The average molecular weight is 852 g/mol. The second-order valence-electron chi connectivity index (χ2n) is 18.9. The number of hydrogen-bond donors (Lipinski definition) is 0. The first-order chi connectivity index (χ1) is 31.6. The smallest absolute Gasteiger partial charge is 0.164 e. The Bertz CT molecular complexity index is 3440. The van der Waals surface area contributed by atoms with Crippen LogP contribution in [-0.2, 0) is 5.41 Å². The van der Waals surface area contributed by atoms with Crippen LogP contribution in [0.1, 0.15) is 25.0 Å². The van der Waals surface area contributed by atoms with Gasteiger partial charge in [0.15, 0.2) is 17.5 Å². The number of fused-ring (bicyclic) bond motifs is 4. The van der Waals surface area contributed by atoms with Crippen LogP contribution in [0.5, 0.6) is 0 Å². The summed E-state index contributed by atoms with van der Waals surface area (Å²) in [5, 5.41) is 3.89. The van der Waals surface area contributed by atoms with Gasteiger partial charge in [-0.1, -0.05) is 209 Å². The van der Waals surface area contributed by atoms with Crippen LogP contribution >= 0.6 is 0 Å². The van der Waals surface area contributed by atoms with Gasteiger partial charge >= 0.3 is 0 Å². The maximum Gasteiger partial charge on any atom is 0.164 e. The highest BCUT2D eigenvalue weighted by Gasteiger charge is 2.35. The third-order valence-electron chi connectivity index (χ3n) is 13.3. The molecule has 0 unspecified atom stereocenters. The Balaban J connectivity index is 0.979. The van der Waals surface area contributed by atoms with E-state index < -0.39 is 8.07 Å². The summed E-state index contributed by atoms with van der Waals surface area (Å²) in [6.45, 7) is 11.8. The molecule has 10 aromatic rings. The number of benzene rings is 9. The van der Waals surface area contributed by atoms with Gasteiger partial charge in [-0.25, -0.2) is 15.0 Å². The summed E-state index contributed by atoms with van der Waals surface area (Å²) in [6.07, 6.45) is 0. The molecule has 0 aliphatic heterocycles. The van der Waals surface area contributed by atoms with Crippen molar-refractivity contribution in [3.63, 3.8) is 0 Å². The summed E-state index contributed by atoms with van der Waals surface area (Å²) in [5.74, 6) is 1.95. The molecule has 0 saturated carbocycles. The molecule has 9 aromatic carbocycles. The minimum atomic E-state index is -1.37. The van der Waals surface area contributed by atoms with Crippen LogP contribution in [0, 0.1) is 0 Å². The van der Waals surface area contributed by atoms with Gasteiger partial charge in [-0.15, -0.1) is 0 Å². The predicted molar refractivity (Wildman–Crippen MR) is 276 cm³/mol. The number of aromatic nitrogens is 3. The topological polar surface area (TPSA) is 38.7 Å². The van der Waals surface area contributed by atoms with E-state index in [1.54, 1.807) is 0 Å².